The Morgan fingerprint density at radius 1 is 1.23 bits per heavy atom. The van der Waals surface area contributed by atoms with E-state index in [1.807, 2.05) is 25.1 Å². The van der Waals surface area contributed by atoms with Crippen molar-refractivity contribution in [1.82, 2.24) is 14.8 Å². The molecule has 1 aliphatic heterocycles. The first-order valence-electron chi connectivity index (χ1n) is 11.0. The van der Waals surface area contributed by atoms with Gasteiger partial charge in [0.05, 0.1) is 17.1 Å². The molecule has 1 fully saturated rings. The van der Waals surface area contributed by atoms with Crippen LogP contribution in [0.2, 0.25) is 5.02 Å². The largest absolute Gasteiger partial charge is 0.449 e. The summed E-state index contributed by atoms with van der Waals surface area (Å²) in [4.78, 5) is 33.4. The van der Waals surface area contributed by atoms with Gasteiger partial charge in [-0.2, -0.15) is 0 Å². The number of aromatic nitrogens is 1. The SMILES string of the molecule is CCCOC(=O)N1CCN(C(=O)c2ccc3c(Cl)c4c(nc3c2)CC(CN)CC4)CC1. The van der Waals surface area contributed by atoms with Crippen LogP contribution in [0.1, 0.15) is 41.4 Å². The third kappa shape index (κ3) is 4.48. The molecule has 2 amide bonds. The minimum absolute atomic E-state index is 0.0565. The molecule has 0 spiro atoms. The number of piperazine rings is 1. The number of ether oxygens (including phenoxy) is 1. The van der Waals surface area contributed by atoms with Crippen LogP contribution < -0.4 is 5.73 Å². The van der Waals surface area contributed by atoms with E-state index in [4.69, 9.17) is 27.1 Å². The maximum Gasteiger partial charge on any atom is 0.409 e. The molecule has 1 aromatic carbocycles. The van der Waals surface area contributed by atoms with Crippen LogP contribution >= 0.6 is 11.6 Å². The first kappa shape index (κ1) is 21.8. The van der Waals surface area contributed by atoms with E-state index in [0.29, 0.717) is 50.8 Å². The zero-order valence-corrected chi connectivity index (χ0v) is 18.7. The number of nitrogens with two attached hydrogens (primary N) is 1. The van der Waals surface area contributed by atoms with Gasteiger partial charge in [-0.3, -0.25) is 9.78 Å². The Bertz CT molecular complexity index is 988. The van der Waals surface area contributed by atoms with Gasteiger partial charge in [0, 0.05) is 42.8 Å². The van der Waals surface area contributed by atoms with Crippen molar-refractivity contribution in [2.24, 2.45) is 11.7 Å². The molecule has 2 heterocycles. The highest BCUT2D eigenvalue weighted by Gasteiger charge is 2.27. The minimum Gasteiger partial charge on any atom is -0.449 e. The monoisotopic (exact) mass is 444 g/mol. The fraction of sp³-hybridized carbons (Fsp3) is 0.522. The Morgan fingerprint density at radius 2 is 1.97 bits per heavy atom. The van der Waals surface area contributed by atoms with E-state index >= 15 is 0 Å². The number of halogens is 1. The lowest BCUT2D eigenvalue weighted by Gasteiger charge is -2.34. The van der Waals surface area contributed by atoms with E-state index in [0.717, 1.165) is 52.9 Å². The van der Waals surface area contributed by atoms with Crippen molar-refractivity contribution in [3.63, 3.8) is 0 Å². The van der Waals surface area contributed by atoms with Crippen molar-refractivity contribution in [2.45, 2.75) is 32.6 Å². The van der Waals surface area contributed by atoms with Crippen LogP contribution in [0, 0.1) is 5.92 Å². The average Bonchev–Trinajstić information content (AvgIpc) is 2.81. The second-order valence-corrected chi connectivity index (χ2v) is 8.70. The Hall–Kier alpha value is -2.38. The fourth-order valence-electron chi connectivity index (χ4n) is 4.35. The van der Waals surface area contributed by atoms with Crippen LogP contribution in [0.5, 0.6) is 0 Å². The summed E-state index contributed by atoms with van der Waals surface area (Å²) in [6.45, 7) is 4.93. The molecule has 2 N–H and O–H groups in total. The zero-order chi connectivity index (χ0) is 22.0. The fourth-order valence-corrected chi connectivity index (χ4v) is 4.71. The van der Waals surface area contributed by atoms with Gasteiger partial charge in [0.1, 0.15) is 0 Å². The lowest BCUT2D eigenvalue weighted by Crippen LogP contribution is -2.50. The van der Waals surface area contributed by atoms with Crippen LogP contribution in [-0.4, -0.2) is 66.1 Å². The molecule has 1 atom stereocenters. The molecule has 1 aliphatic carbocycles. The predicted molar refractivity (Wildman–Crippen MR) is 120 cm³/mol. The molecular weight excluding hydrogens is 416 g/mol. The number of nitrogens with zero attached hydrogens (tertiary/aromatic N) is 3. The molecule has 0 radical (unpaired) electrons. The molecule has 166 valence electrons. The molecule has 7 nitrogen and oxygen atoms in total. The third-order valence-electron chi connectivity index (χ3n) is 6.22. The number of carbonyl (C=O) groups is 2. The van der Waals surface area contributed by atoms with Crippen molar-refractivity contribution in [2.75, 3.05) is 39.3 Å². The maximum absolute atomic E-state index is 13.1. The van der Waals surface area contributed by atoms with Crippen LogP contribution in [0.15, 0.2) is 18.2 Å². The number of carbonyl (C=O) groups excluding carboxylic acids is 2. The molecule has 2 aliphatic rings. The first-order valence-corrected chi connectivity index (χ1v) is 11.4. The van der Waals surface area contributed by atoms with Crippen molar-refractivity contribution in [3.8, 4) is 0 Å². The summed E-state index contributed by atoms with van der Waals surface area (Å²) < 4.78 is 5.19. The minimum atomic E-state index is -0.306. The topological polar surface area (TPSA) is 88.8 Å². The first-order chi connectivity index (χ1) is 15.0. The highest BCUT2D eigenvalue weighted by Crippen LogP contribution is 2.34. The lowest BCUT2D eigenvalue weighted by atomic mass is 9.86. The summed E-state index contributed by atoms with van der Waals surface area (Å²) in [5.74, 6) is 0.373. The van der Waals surface area contributed by atoms with Crippen molar-refractivity contribution < 1.29 is 14.3 Å². The molecule has 8 heteroatoms. The second kappa shape index (κ2) is 9.40. The molecule has 0 saturated carbocycles. The number of amides is 2. The molecule has 31 heavy (non-hydrogen) atoms. The maximum atomic E-state index is 13.1. The highest BCUT2D eigenvalue weighted by atomic mass is 35.5. The van der Waals surface area contributed by atoms with E-state index in [1.165, 1.54) is 0 Å². The summed E-state index contributed by atoms with van der Waals surface area (Å²) in [6, 6.07) is 5.54. The highest BCUT2D eigenvalue weighted by molar-refractivity contribution is 6.36. The van der Waals surface area contributed by atoms with Gasteiger partial charge in [-0.15, -0.1) is 0 Å². The molecule has 1 aromatic heterocycles. The van der Waals surface area contributed by atoms with Gasteiger partial charge in [0.15, 0.2) is 0 Å². The van der Waals surface area contributed by atoms with Gasteiger partial charge >= 0.3 is 6.09 Å². The standard InChI is InChI=1S/C23H29ClN4O3/c1-2-11-31-23(30)28-9-7-27(8-10-28)22(29)16-4-6-18-20(13-16)26-19-12-15(14-25)3-5-17(19)21(18)24/h4,6,13,15H,2-3,5,7-12,14,25H2,1H3. The number of hydrogen-bond acceptors (Lipinski definition) is 5. The van der Waals surface area contributed by atoms with Crippen molar-refractivity contribution >= 4 is 34.5 Å². The third-order valence-corrected chi connectivity index (χ3v) is 6.65. The second-order valence-electron chi connectivity index (χ2n) is 8.32. The van der Waals surface area contributed by atoms with Crippen LogP contribution in [0.3, 0.4) is 0 Å². The molecule has 0 bridgehead atoms. The summed E-state index contributed by atoms with van der Waals surface area (Å²) >= 11 is 6.70. The van der Waals surface area contributed by atoms with Crippen molar-refractivity contribution in [3.05, 3.63) is 40.0 Å². The van der Waals surface area contributed by atoms with Gasteiger partial charge in [0.25, 0.3) is 5.91 Å². The molecule has 1 unspecified atom stereocenters. The van der Waals surface area contributed by atoms with E-state index in [1.54, 1.807) is 9.80 Å². The van der Waals surface area contributed by atoms with Crippen LogP contribution in [0.4, 0.5) is 4.79 Å². The average molecular weight is 445 g/mol. The molecule has 2 aromatic rings. The molecule has 4 rings (SSSR count). The quantitative estimate of drug-likeness (QED) is 0.781. The van der Waals surface area contributed by atoms with Gasteiger partial charge in [0.2, 0.25) is 0 Å². The molecular formula is C23H29ClN4O3. The van der Waals surface area contributed by atoms with Gasteiger partial charge < -0.3 is 20.3 Å². The smallest absolute Gasteiger partial charge is 0.409 e. The summed E-state index contributed by atoms with van der Waals surface area (Å²) in [7, 11) is 0. The Morgan fingerprint density at radius 3 is 2.68 bits per heavy atom. The number of hydrogen-bond donors (Lipinski definition) is 1. The van der Waals surface area contributed by atoms with Gasteiger partial charge in [-0.05, 0) is 55.8 Å². The summed E-state index contributed by atoms with van der Waals surface area (Å²) in [6.07, 6.45) is 3.24. The van der Waals surface area contributed by atoms with Crippen LogP contribution in [0.25, 0.3) is 10.9 Å². The van der Waals surface area contributed by atoms with Gasteiger partial charge in [-0.1, -0.05) is 24.6 Å². The van der Waals surface area contributed by atoms with Crippen LogP contribution in [-0.2, 0) is 17.6 Å². The van der Waals surface area contributed by atoms with Crippen molar-refractivity contribution in [1.29, 1.82) is 0 Å². The van der Waals surface area contributed by atoms with Gasteiger partial charge in [-0.25, -0.2) is 4.79 Å². The van der Waals surface area contributed by atoms with E-state index in [-0.39, 0.29) is 12.0 Å². The summed E-state index contributed by atoms with van der Waals surface area (Å²) in [5.41, 5.74) is 9.32. The Kier molecular flexibility index (Phi) is 6.62. The summed E-state index contributed by atoms with van der Waals surface area (Å²) in [5, 5.41) is 1.63. The number of benzene rings is 1. The van der Waals surface area contributed by atoms with E-state index < -0.39 is 0 Å². The zero-order valence-electron chi connectivity index (χ0n) is 17.9. The number of pyridine rings is 1. The van der Waals surface area contributed by atoms with E-state index in [2.05, 4.69) is 0 Å². The lowest BCUT2D eigenvalue weighted by molar-refractivity contribution is 0.0560. The number of rotatable bonds is 4. The molecule has 1 saturated heterocycles. The van der Waals surface area contributed by atoms with E-state index in [9.17, 15) is 9.59 Å². The Balaban J connectivity index is 1.50. The number of fused-ring (bicyclic) bond motifs is 2. The predicted octanol–water partition coefficient (Wildman–Crippen LogP) is 3.26. The normalized spacial score (nSPS) is 18.7. The Labute approximate surface area is 187 Å².